The molecule has 1 spiro atoms. The number of aromatic nitrogens is 1. The molecule has 1 saturated heterocycles. The van der Waals surface area contributed by atoms with E-state index < -0.39 is 6.04 Å². The van der Waals surface area contributed by atoms with E-state index in [-0.39, 0.29) is 23.8 Å². The van der Waals surface area contributed by atoms with Crippen LogP contribution in [0.4, 0.5) is 0 Å². The van der Waals surface area contributed by atoms with E-state index in [1.54, 1.807) is 7.05 Å². The number of likely N-dealkylation sites (N-methyl/N-ethyl adjacent to an activating group) is 1. The van der Waals surface area contributed by atoms with Gasteiger partial charge in [0.15, 0.2) is 0 Å². The van der Waals surface area contributed by atoms with Gasteiger partial charge in [0.05, 0.1) is 6.54 Å². The van der Waals surface area contributed by atoms with Gasteiger partial charge in [0.2, 0.25) is 11.8 Å². The molecule has 1 fully saturated rings. The van der Waals surface area contributed by atoms with Gasteiger partial charge >= 0.3 is 0 Å². The van der Waals surface area contributed by atoms with E-state index in [0.717, 1.165) is 48.8 Å². The van der Waals surface area contributed by atoms with Gasteiger partial charge in [-0.1, -0.05) is 42.5 Å². The van der Waals surface area contributed by atoms with Crippen molar-refractivity contribution in [1.82, 2.24) is 20.5 Å². The minimum absolute atomic E-state index is 0.0193. The molecule has 0 saturated carbocycles. The fourth-order valence-corrected chi connectivity index (χ4v) is 5.79. The van der Waals surface area contributed by atoms with Gasteiger partial charge in [0, 0.05) is 36.6 Å². The van der Waals surface area contributed by atoms with E-state index in [2.05, 4.69) is 45.9 Å². The van der Waals surface area contributed by atoms with Crippen molar-refractivity contribution in [3.05, 3.63) is 71.4 Å². The third-order valence-electron chi connectivity index (χ3n) is 7.56. The Labute approximate surface area is 194 Å². The molecule has 1 aliphatic carbocycles. The first-order valence-electron chi connectivity index (χ1n) is 12.0. The molecule has 2 aromatic carbocycles. The van der Waals surface area contributed by atoms with Gasteiger partial charge in [0.25, 0.3) is 0 Å². The average molecular weight is 445 g/mol. The number of aromatic amines is 1. The summed E-state index contributed by atoms with van der Waals surface area (Å²) in [4.78, 5) is 31.3. The third-order valence-corrected chi connectivity index (χ3v) is 7.56. The number of carbonyl (C=O) groups is 2. The molecule has 6 heteroatoms. The van der Waals surface area contributed by atoms with Crippen molar-refractivity contribution < 1.29 is 9.59 Å². The van der Waals surface area contributed by atoms with Crippen molar-refractivity contribution in [2.75, 3.05) is 26.7 Å². The van der Waals surface area contributed by atoms with Gasteiger partial charge in [-0.05, 0) is 60.9 Å². The highest BCUT2D eigenvalue weighted by atomic mass is 16.2. The molecule has 0 unspecified atom stereocenters. The lowest BCUT2D eigenvalue weighted by Crippen LogP contribution is -2.54. The Bertz CT molecular complexity index is 1160. The zero-order chi connectivity index (χ0) is 22.8. The molecule has 1 aromatic heterocycles. The highest BCUT2D eigenvalue weighted by molar-refractivity contribution is 5.90. The van der Waals surface area contributed by atoms with E-state index in [1.165, 1.54) is 17.5 Å². The number of nitrogens with zero attached hydrogens (tertiary/aromatic N) is 1. The van der Waals surface area contributed by atoms with Crippen molar-refractivity contribution in [2.45, 2.75) is 43.6 Å². The van der Waals surface area contributed by atoms with E-state index in [0.29, 0.717) is 6.42 Å². The summed E-state index contributed by atoms with van der Waals surface area (Å²) in [5.41, 5.74) is 5.24. The Balaban J connectivity index is 1.32. The van der Waals surface area contributed by atoms with Gasteiger partial charge in [-0.2, -0.15) is 0 Å². The number of likely N-dealkylation sites (tertiary alicyclic amines) is 1. The lowest BCUT2D eigenvalue weighted by atomic mass is 9.74. The number of benzene rings is 2. The van der Waals surface area contributed by atoms with Crippen molar-refractivity contribution in [3.8, 4) is 0 Å². The number of amides is 2. The van der Waals surface area contributed by atoms with Crippen molar-refractivity contribution >= 4 is 22.7 Å². The summed E-state index contributed by atoms with van der Waals surface area (Å²) in [5, 5.41) is 6.96. The van der Waals surface area contributed by atoms with Gasteiger partial charge in [0.1, 0.15) is 6.04 Å². The Morgan fingerprint density at radius 2 is 1.82 bits per heavy atom. The standard InChI is InChI=1S/C27H32N4O2/c1-28-18-25(32)30-24(16-20-17-29-23-9-5-3-7-21(20)23)26(33)31-14-12-27(13-15-31)11-10-19-6-2-4-8-22(19)27/h2-9,17,24,28-29H,10-16,18H2,1H3,(H,30,32)/t24-/m1/s1. The number of nitrogens with one attached hydrogen (secondary N) is 3. The predicted molar refractivity (Wildman–Crippen MR) is 130 cm³/mol. The Hall–Kier alpha value is -3.12. The van der Waals surface area contributed by atoms with Crippen LogP contribution in [0.25, 0.3) is 10.9 Å². The van der Waals surface area contributed by atoms with E-state index in [9.17, 15) is 9.59 Å². The van der Waals surface area contributed by atoms with Crippen LogP contribution in [0.1, 0.15) is 36.0 Å². The molecule has 0 bridgehead atoms. The predicted octanol–water partition coefficient (Wildman–Crippen LogP) is 2.92. The summed E-state index contributed by atoms with van der Waals surface area (Å²) >= 11 is 0. The topological polar surface area (TPSA) is 77.2 Å². The summed E-state index contributed by atoms with van der Waals surface area (Å²) in [6.07, 6.45) is 6.71. The maximum absolute atomic E-state index is 13.6. The first-order chi connectivity index (χ1) is 16.1. The first-order valence-corrected chi connectivity index (χ1v) is 12.0. The normalized spacial score (nSPS) is 17.8. The molecule has 6 nitrogen and oxygen atoms in total. The molecule has 3 aromatic rings. The van der Waals surface area contributed by atoms with Gasteiger partial charge < -0.3 is 20.5 Å². The molecule has 1 atom stereocenters. The maximum Gasteiger partial charge on any atom is 0.245 e. The number of hydrogen-bond acceptors (Lipinski definition) is 3. The van der Waals surface area contributed by atoms with Crippen LogP contribution in [0, 0.1) is 0 Å². The first kappa shape index (κ1) is 21.7. The molecular formula is C27H32N4O2. The molecule has 2 heterocycles. The molecule has 3 N–H and O–H groups in total. The van der Waals surface area contributed by atoms with E-state index in [4.69, 9.17) is 0 Å². The zero-order valence-corrected chi connectivity index (χ0v) is 19.2. The number of H-pyrrole nitrogens is 1. The molecular weight excluding hydrogens is 412 g/mol. The third kappa shape index (κ3) is 4.15. The molecule has 0 radical (unpaired) electrons. The summed E-state index contributed by atoms with van der Waals surface area (Å²) in [7, 11) is 1.74. The highest BCUT2D eigenvalue weighted by Gasteiger charge is 2.42. The summed E-state index contributed by atoms with van der Waals surface area (Å²) < 4.78 is 0. The second-order valence-corrected chi connectivity index (χ2v) is 9.48. The fraction of sp³-hybridized carbons (Fsp3) is 0.407. The molecule has 5 rings (SSSR count). The van der Waals surface area contributed by atoms with Crippen LogP contribution in [0.5, 0.6) is 0 Å². The summed E-state index contributed by atoms with van der Waals surface area (Å²) in [5.74, 6) is -0.139. The average Bonchev–Trinajstić information content (AvgIpc) is 3.41. The Morgan fingerprint density at radius 3 is 2.64 bits per heavy atom. The second kappa shape index (κ2) is 9.02. The monoisotopic (exact) mass is 444 g/mol. The van der Waals surface area contributed by atoms with Crippen molar-refractivity contribution in [2.24, 2.45) is 0 Å². The van der Waals surface area contributed by atoms with E-state index in [1.807, 2.05) is 29.3 Å². The van der Waals surface area contributed by atoms with Crippen LogP contribution in [0.15, 0.2) is 54.7 Å². The SMILES string of the molecule is CNCC(=O)N[C@H](Cc1c[nH]c2ccccc12)C(=O)N1CCC2(CCc3ccccc32)CC1. The van der Waals surface area contributed by atoms with Crippen LogP contribution in [0.2, 0.25) is 0 Å². The lowest BCUT2D eigenvalue weighted by molar-refractivity contribution is -0.137. The molecule has 2 amide bonds. The molecule has 33 heavy (non-hydrogen) atoms. The minimum Gasteiger partial charge on any atom is -0.361 e. The van der Waals surface area contributed by atoms with E-state index >= 15 is 0 Å². The molecule has 172 valence electrons. The minimum atomic E-state index is -0.574. The van der Waals surface area contributed by atoms with Crippen molar-refractivity contribution in [1.29, 1.82) is 0 Å². The largest absolute Gasteiger partial charge is 0.361 e. The summed E-state index contributed by atoms with van der Waals surface area (Å²) in [6, 6.07) is 16.3. The number of para-hydroxylation sites is 1. The summed E-state index contributed by atoms with van der Waals surface area (Å²) in [6.45, 7) is 1.66. The number of piperidine rings is 1. The lowest BCUT2D eigenvalue weighted by Gasteiger charge is -2.41. The van der Waals surface area contributed by atoms with Crippen LogP contribution in [-0.2, 0) is 27.8 Å². The van der Waals surface area contributed by atoms with Gasteiger partial charge in [-0.3, -0.25) is 9.59 Å². The highest BCUT2D eigenvalue weighted by Crippen LogP contribution is 2.46. The van der Waals surface area contributed by atoms with Crippen LogP contribution in [-0.4, -0.2) is 54.4 Å². The fourth-order valence-electron chi connectivity index (χ4n) is 5.79. The second-order valence-electron chi connectivity index (χ2n) is 9.48. The zero-order valence-electron chi connectivity index (χ0n) is 19.2. The van der Waals surface area contributed by atoms with Gasteiger partial charge in [-0.15, -0.1) is 0 Å². The number of aryl methyl sites for hydroxylation is 1. The number of carbonyl (C=O) groups excluding carboxylic acids is 2. The van der Waals surface area contributed by atoms with Crippen LogP contribution < -0.4 is 10.6 Å². The molecule has 2 aliphatic rings. The van der Waals surface area contributed by atoms with Crippen LogP contribution >= 0.6 is 0 Å². The Kier molecular flexibility index (Phi) is 5.94. The van der Waals surface area contributed by atoms with Gasteiger partial charge in [-0.25, -0.2) is 0 Å². The smallest absolute Gasteiger partial charge is 0.245 e. The number of rotatable bonds is 6. The Morgan fingerprint density at radius 1 is 1.06 bits per heavy atom. The van der Waals surface area contributed by atoms with Crippen LogP contribution in [0.3, 0.4) is 0 Å². The molecule has 1 aliphatic heterocycles. The maximum atomic E-state index is 13.6. The van der Waals surface area contributed by atoms with Crippen molar-refractivity contribution in [3.63, 3.8) is 0 Å². The quantitative estimate of drug-likeness (QED) is 0.547. The number of hydrogen-bond donors (Lipinski definition) is 3. The number of fused-ring (bicyclic) bond motifs is 3.